The SMILES string of the molecule is CC/C=C\C/C=C\C/C=C\C/C=C\C/C=C\C/C=C\C/C=C\CCCCCCCCCCCC(=O)OC(CO)COC(=O)CCCC/C=C\C/C=C\C/C=C\C/C=C\CC. The molecule has 1 unspecified atom stereocenters. The summed E-state index contributed by atoms with van der Waals surface area (Å²) in [5, 5.41) is 9.59. The summed E-state index contributed by atoms with van der Waals surface area (Å²) in [6, 6.07) is 0. The van der Waals surface area contributed by atoms with E-state index in [1.54, 1.807) is 0 Å². The minimum Gasteiger partial charge on any atom is -0.462 e. The third-order valence-electron chi connectivity index (χ3n) is 9.44. The average Bonchev–Trinajstić information content (AvgIpc) is 3.25. The smallest absolute Gasteiger partial charge is 0.306 e. The number of ether oxygens (including phenoxy) is 2. The van der Waals surface area contributed by atoms with Crippen LogP contribution in [0.15, 0.2) is 134 Å². The van der Waals surface area contributed by atoms with Gasteiger partial charge in [-0.1, -0.05) is 192 Å². The van der Waals surface area contributed by atoms with E-state index in [9.17, 15) is 14.7 Å². The minimum absolute atomic E-state index is 0.0987. The Morgan fingerprint density at radius 2 is 0.667 bits per heavy atom. The number of allylic oxidation sites excluding steroid dienone is 22. The molecule has 0 fully saturated rings. The number of rotatable bonds is 41. The molecule has 1 N–H and O–H groups in total. The van der Waals surface area contributed by atoms with Gasteiger partial charge in [0.05, 0.1) is 6.61 Å². The molecule has 0 rings (SSSR count). The van der Waals surface area contributed by atoms with Gasteiger partial charge in [-0.05, 0) is 109 Å². The highest BCUT2D eigenvalue weighted by Crippen LogP contribution is 2.13. The van der Waals surface area contributed by atoms with Crippen LogP contribution in [0.3, 0.4) is 0 Å². The standard InChI is InChI=1S/C55H86O5/c1-3-5-7-9-11-13-15-17-19-20-21-22-23-24-25-26-27-28-29-30-31-32-33-34-36-38-40-42-44-46-48-50-55(58)60-53(51-56)52-59-54(57)49-47-45-43-41-39-37-35-18-16-14-12-10-8-6-4-2/h5-8,11-14,17-19,21-22,24-25,27-28,30-31,35,39,41,53,56H,3-4,9-10,15-16,20,23,26,29,32-34,36-38,40,42-52H2,1-2H3/b7-5-,8-6-,13-11-,14-12-,19-17-,22-21-,25-24-,28-27-,31-30-,35-18-,41-39-. The quantitative estimate of drug-likeness (QED) is 0.0378. The normalized spacial score (nSPS) is 13.4. The van der Waals surface area contributed by atoms with Crippen LogP contribution in [0.5, 0.6) is 0 Å². The van der Waals surface area contributed by atoms with Crippen molar-refractivity contribution in [2.45, 2.75) is 187 Å². The zero-order valence-corrected chi connectivity index (χ0v) is 38.2. The number of carbonyl (C=O) groups is 2. The van der Waals surface area contributed by atoms with E-state index in [0.717, 1.165) is 116 Å². The zero-order chi connectivity index (χ0) is 43.5. The number of carbonyl (C=O) groups excluding carboxylic acids is 2. The van der Waals surface area contributed by atoms with Gasteiger partial charge in [0.25, 0.3) is 0 Å². The van der Waals surface area contributed by atoms with E-state index in [2.05, 4.69) is 148 Å². The molecule has 0 aliphatic heterocycles. The predicted molar refractivity (Wildman–Crippen MR) is 260 cm³/mol. The molecule has 5 heteroatoms. The molecular formula is C55H86O5. The molecule has 336 valence electrons. The summed E-state index contributed by atoms with van der Waals surface area (Å²) in [5.74, 6) is -0.659. The molecule has 60 heavy (non-hydrogen) atoms. The summed E-state index contributed by atoms with van der Waals surface area (Å²) >= 11 is 0. The first-order valence-electron chi connectivity index (χ1n) is 23.7. The molecule has 0 aliphatic carbocycles. The van der Waals surface area contributed by atoms with E-state index >= 15 is 0 Å². The molecule has 0 saturated heterocycles. The first kappa shape index (κ1) is 56.0. The van der Waals surface area contributed by atoms with Crippen molar-refractivity contribution >= 4 is 11.9 Å². The summed E-state index contributed by atoms with van der Waals surface area (Å²) in [6.07, 6.45) is 73.9. The second-order valence-electron chi connectivity index (χ2n) is 15.1. The van der Waals surface area contributed by atoms with Gasteiger partial charge in [0.15, 0.2) is 6.10 Å². The Kier molecular flexibility index (Phi) is 46.1. The predicted octanol–water partition coefficient (Wildman–Crippen LogP) is 15.7. The lowest BCUT2D eigenvalue weighted by Gasteiger charge is -2.15. The van der Waals surface area contributed by atoms with Crippen LogP contribution in [0.2, 0.25) is 0 Å². The number of hydrogen-bond donors (Lipinski definition) is 1. The molecule has 0 aromatic rings. The van der Waals surface area contributed by atoms with Gasteiger partial charge in [-0.3, -0.25) is 9.59 Å². The van der Waals surface area contributed by atoms with Crippen molar-refractivity contribution in [3.63, 3.8) is 0 Å². The van der Waals surface area contributed by atoms with E-state index < -0.39 is 6.10 Å². The number of aliphatic hydroxyl groups is 1. The Labute approximate surface area is 368 Å². The van der Waals surface area contributed by atoms with Crippen LogP contribution in [0, 0.1) is 0 Å². The molecule has 0 bridgehead atoms. The topological polar surface area (TPSA) is 72.8 Å². The summed E-state index contributed by atoms with van der Waals surface area (Å²) in [7, 11) is 0. The molecule has 5 nitrogen and oxygen atoms in total. The molecule has 0 aromatic carbocycles. The van der Waals surface area contributed by atoms with E-state index in [0.29, 0.717) is 12.8 Å². The van der Waals surface area contributed by atoms with Crippen molar-refractivity contribution < 1.29 is 24.2 Å². The van der Waals surface area contributed by atoms with Crippen molar-refractivity contribution in [3.05, 3.63) is 134 Å². The minimum atomic E-state index is -0.802. The molecule has 0 spiro atoms. The summed E-state index contributed by atoms with van der Waals surface area (Å²) in [4.78, 5) is 24.4. The molecule has 0 aromatic heterocycles. The maximum atomic E-state index is 12.2. The van der Waals surface area contributed by atoms with Gasteiger partial charge in [0, 0.05) is 12.8 Å². The van der Waals surface area contributed by atoms with E-state index in [1.165, 1.54) is 38.5 Å². The van der Waals surface area contributed by atoms with Crippen molar-refractivity contribution in [2.24, 2.45) is 0 Å². The summed E-state index contributed by atoms with van der Waals surface area (Å²) in [5.41, 5.74) is 0. The molecule has 1 atom stereocenters. The van der Waals surface area contributed by atoms with E-state index in [-0.39, 0.29) is 25.2 Å². The van der Waals surface area contributed by atoms with Crippen LogP contribution < -0.4 is 0 Å². The molecule has 0 heterocycles. The first-order chi connectivity index (χ1) is 29.6. The number of hydrogen-bond acceptors (Lipinski definition) is 5. The summed E-state index contributed by atoms with van der Waals surface area (Å²) < 4.78 is 10.6. The molecule has 0 saturated carbocycles. The second kappa shape index (κ2) is 49.4. The Morgan fingerprint density at radius 3 is 1.03 bits per heavy atom. The highest BCUT2D eigenvalue weighted by atomic mass is 16.6. The fourth-order valence-corrected chi connectivity index (χ4v) is 5.94. The van der Waals surface area contributed by atoms with Crippen molar-refractivity contribution in [3.8, 4) is 0 Å². The van der Waals surface area contributed by atoms with Crippen molar-refractivity contribution in [1.29, 1.82) is 0 Å². The number of aliphatic hydroxyl groups excluding tert-OH is 1. The maximum Gasteiger partial charge on any atom is 0.306 e. The Morgan fingerprint density at radius 1 is 0.383 bits per heavy atom. The van der Waals surface area contributed by atoms with Crippen LogP contribution in [0.1, 0.15) is 181 Å². The van der Waals surface area contributed by atoms with Crippen LogP contribution in [0.4, 0.5) is 0 Å². The van der Waals surface area contributed by atoms with E-state index in [4.69, 9.17) is 9.47 Å². The monoisotopic (exact) mass is 827 g/mol. The van der Waals surface area contributed by atoms with Gasteiger partial charge in [-0.2, -0.15) is 0 Å². The van der Waals surface area contributed by atoms with Gasteiger partial charge in [-0.25, -0.2) is 0 Å². The lowest BCUT2D eigenvalue weighted by molar-refractivity contribution is -0.161. The molecule has 0 amide bonds. The van der Waals surface area contributed by atoms with Crippen molar-refractivity contribution in [2.75, 3.05) is 13.2 Å². The third kappa shape index (κ3) is 46.7. The van der Waals surface area contributed by atoms with Crippen LogP contribution in [-0.4, -0.2) is 36.4 Å². The fraction of sp³-hybridized carbons (Fsp3) is 0.564. The van der Waals surface area contributed by atoms with Gasteiger partial charge in [-0.15, -0.1) is 0 Å². The Bertz CT molecular complexity index is 1300. The maximum absolute atomic E-state index is 12.2. The fourth-order valence-electron chi connectivity index (χ4n) is 5.94. The van der Waals surface area contributed by atoms with Gasteiger partial charge in [0.2, 0.25) is 0 Å². The highest BCUT2D eigenvalue weighted by Gasteiger charge is 2.16. The lowest BCUT2D eigenvalue weighted by atomic mass is 10.1. The number of esters is 2. The van der Waals surface area contributed by atoms with Crippen molar-refractivity contribution in [1.82, 2.24) is 0 Å². The average molecular weight is 827 g/mol. The zero-order valence-electron chi connectivity index (χ0n) is 38.2. The highest BCUT2D eigenvalue weighted by molar-refractivity contribution is 5.70. The third-order valence-corrected chi connectivity index (χ3v) is 9.44. The molecule has 0 radical (unpaired) electrons. The van der Waals surface area contributed by atoms with Crippen LogP contribution in [-0.2, 0) is 19.1 Å². The Hall–Kier alpha value is -3.96. The van der Waals surface area contributed by atoms with E-state index in [1.807, 2.05) is 0 Å². The summed E-state index contributed by atoms with van der Waals surface area (Å²) in [6.45, 7) is 3.85. The number of unbranched alkanes of at least 4 members (excludes halogenated alkanes) is 11. The molecular weight excluding hydrogens is 741 g/mol. The largest absolute Gasteiger partial charge is 0.462 e. The van der Waals surface area contributed by atoms with Gasteiger partial charge >= 0.3 is 11.9 Å². The lowest BCUT2D eigenvalue weighted by Crippen LogP contribution is -2.28. The van der Waals surface area contributed by atoms with Crippen LogP contribution >= 0.6 is 0 Å². The second-order valence-corrected chi connectivity index (χ2v) is 15.1. The molecule has 0 aliphatic rings. The van der Waals surface area contributed by atoms with Crippen LogP contribution in [0.25, 0.3) is 0 Å². The van der Waals surface area contributed by atoms with Gasteiger partial charge in [0.1, 0.15) is 6.61 Å². The van der Waals surface area contributed by atoms with Gasteiger partial charge < -0.3 is 14.6 Å². The first-order valence-corrected chi connectivity index (χ1v) is 23.7. The Balaban J connectivity index is 3.64.